The molecular weight excluding hydrogens is 300 g/mol. The second kappa shape index (κ2) is 5.38. The first-order valence-electron chi connectivity index (χ1n) is 5.62. The van der Waals surface area contributed by atoms with Gasteiger partial charge in [-0.2, -0.15) is 5.26 Å². The molecule has 2 rings (SSSR count). The van der Waals surface area contributed by atoms with Crippen molar-refractivity contribution in [2.75, 3.05) is 10.5 Å². The number of rotatable bonds is 3. The summed E-state index contributed by atoms with van der Waals surface area (Å²) in [6.07, 6.45) is 0. The van der Waals surface area contributed by atoms with Gasteiger partial charge in [-0.05, 0) is 24.3 Å². The summed E-state index contributed by atoms with van der Waals surface area (Å²) in [5, 5.41) is 8.86. The molecule has 0 aliphatic carbocycles. The van der Waals surface area contributed by atoms with E-state index in [1.54, 1.807) is 0 Å². The molecular formula is C13H9F2N3O2S. The second-order valence-electron chi connectivity index (χ2n) is 4.03. The zero-order chi connectivity index (χ0) is 15.6. The SMILES string of the molecule is N#Cc1c(F)cccc1S(=O)(=O)Nc1c(N)cccc1F. The number of hydrogen-bond acceptors (Lipinski definition) is 4. The number of benzene rings is 2. The standard InChI is InChI=1S/C13H9F2N3O2S/c14-9-3-2-6-12(8(9)7-16)21(19,20)18-13-10(15)4-1-5-11(13)17/h1-6,18H,17H2. The van der Waals surface area contributed by atoms with Crippen LogP contribution in [0.5, 0.6) is 0 Å². The minimum atomic E-state index is -4.36. The third-order valence-corrected chi connectivity index (χ3v) is 4.05. The first kappa shape index (κ1) is 14.7. The minimum Gasteiger partial charge on any atom is -0.397 e. The van der Waals surface area contributed by atoms with E-state index in [0.717, 1.165) is 24.3 Å². The van der Waals surface area contributed by atoms with E-state index in [2.05, 4.69) is 0 Å². The predicted molar refractivity (Wildman–Crippen MR) is 72.7 cm³/mol. The number of nitrogen functional groups attached to an aromatic ring is 1. The van der Waals surface area contributed by atoms with Crippen LogP contribution < -0.4 is 10.5 Å². The zero-order valence-electron chi connectivity index (χ0n) is 10.5. The Bertz CT molecular complexity index is 825. The van der Waals surface area contributed by atoms with E-state index in [4.69, 9.17) is 11.0 Å². The number of nitriles is 1. The Morgan fingerprint density at radius 2 is 1.71 bits per heavy atom. The van der Waals surface area contributed by atoms with E-state index in [9.17, 15) is 17.2 Å². The maximum absolute atomic E-state index is 13.6. The number of para-hydroxylation sites is 1. The van der Waals surface area contributed by atoms with Crippen molar-refractivity contribution in [3.63, 3.8) is 0 Å². The molecule has 5 nitrogen and oxygen atoms in total. The lowest BCUT2D eigenvalue weighted by Gasteiger charge is -2.12. The van der Waals surface area contributed by atoms with Gasteiger partial charge in [0.05, 0.1) is 5.69 Å². The summed E-state index contributed by atoms with van der Waals surface area (Å²) in [5.41, 5.74) is 4.26. The van der Waals surface area contributed by atoms with Crippen LogP contribution >= 0.6 is 0 Å². The molecule has 0 heterocycles. The fourth-order valence-corrected chi connectivity index (χ4v) is 2.94. The largest absolute Gasteiger partial charge is 0.397 e. The number of nitrogens with zero attached hydrogens (tertiary/aromatic N) is 1. The zero-order valence-corrected chi connectivity index (χ0v) is 11.3. The van der Waals surface area contributed by atoms with Crippen LogP contribution in [-0.2, 0) is 10.0 Å². The van der Waals surface area contributed by atoms with Gasteiger partial charge in [0.1, 0.15) is 33.8 Å². The molecule has 0 radical (unpaired) electrons. The fraction of sp³-hybridized carbons (Fsp3) is 0. The number of anilines is 2. The van der Waals surface area contributed by atoms with Gasteiger partial charge in [0.15, 0.2) is 0 Å². The van der Waals surface area contributed by atoms with Gasteiger partial charge in [-0.3, -0.25) is 4.72 Å². The van der Waals surface area contributed by atoms with Crippen LogP contribution in [0.2, 0.25) is 0 Å². The highest BCUT2D eigenvalue weighted by molar-refractivity contribution is 7.92. The van der Waals surface area contributed by atoms with Crippen molar-refractivity contribution in [2.24, 2.45) is 0 Å². The van der Waals surface area contributed by atoms with Gasteiger partial charge in [0.25, 0.3) is 10.0 Å². The van der Waals surface area contributed by atoms with Gasteiger partial charge >= 0.3 is 0 Å². The summed E-state index contributed by atoms with van der Waals surface area (Å²) >= 11 is 0. The van der Waals surface area contributed by atoms with Crippen molar-refractivity contribution in [3.8, 4) is 6.07 Å². The molecule has 0 unspecified atom stereocenters. The molecule has 0 bridgehead atoms. The summed E-state index contributed by atoms with van der Waals surface area (Å²) in [4.78, 5) is -0.590. The Kier molecular flexibility index (Phi) is 3.78. The average molecular weight is 309 g/mol. The molecule has 0 saturated carbocycles. The van der Waals surface area contributed by atoms with Gasteiger partial charge in [0.2, 0.25) is 0 Å². The Labute approximate surface area is 119 Å². The normalized spacial score (nSPS) is 10.9. The van der Waals surface area contributed by atoms with Crippen LogP contribution in [-0.4, -0.2) is 8.42 Å². The Balaban J connectivity index is 2.55. The molecule has 108 valence electrons. The lowest BCUT2D eigenvalue weighted by Crippen LogP contribution is -2.17. The first-order chi connectivity index (χ1) is 9.86. The van der Waals surface area contributed by atoms with Gasteiger partial charge in [0, 0.05) is 0 Å². The smallest absolute Gasteiger partial charge is 0.263 e. The van der Waals surface area contributed by atoms with Crippen molar-refractivity contribution in [3.05, 3.63) is 53.6 Å². The van der Waals surface area contributed by atoms with Gasteiger partial charge in [-0.1, -0.05) is 12.1 Å². The third-order valence-electron chi connectivity index (χ3n) is 2.66. The van der Waals surface area contributed by atoms with E-state index in [-0.39, 0.29) is 5.69 Å². The van der Waals surface area contributed by atoms with Gasteiger partial charge in [-0.25, -0.2) is 17.2 Å². The van der Waals surface area contributed by atoms with E-state index in [1.807, 2.05) is 4.72 Å². The van der Waals surface area contributed by atoms with Gasteiger partial charge < -0.3 is 5.73 Å². The van der Waals surface area contributed by atoms with Crippen molar-refractivity contribution in [2.45, 2.75) is 4.90 Å². The minimum absolute atomic E-state index is 0.131. The summed E-state index contributed by atoms with van der Waals surface area (Å²) in [7, 11) is -4.36. The quantitative estimate of drug-likeness (QED) is 0.850. The third kappa shape index (κ3) is 2.78. The van der Waals surface area contributed by atoms with E-state index < -0.39 is 37.8 Å². The Hall–Kier alpha value is -2.66. The molecule has 21 heavy (non-hydrogen) atoms. The fourth-order valence-electron chi connectivity index (χ4n) is 1.67. The van der Waals surface area contributed by atoms with Gasteiger partial charge in [-0.15, -0.1) is 0 Å². The van der Waals surface area contributed by atoms with E-state index >= 15 is 0 Å². The summed E-state index contributed by atoms with van der Waals surface area (Å²) in [6.45, 7) is 0. The predicted octanol–water partition coefficient (Wildman–Crippen LogP) is 2.22. The molecule has 0 aliphatic heterocycles. The first-order valence-corrected chi connectivity index (χ1v) is 7.10. The molecule has 3 N–H and O–H groups in total. The topological polar surface area (TPSA) is 96.0 Å². The molecule has 0 aromatic heterocycles. The molecule has 0 spiro atoms. The van der Waals surface area contributed by atoms with Crippen LogP contribution in [0, 0.1) is 23.0 Å². The molecule has 0 aliphatic rings. The highest BCUT2D eigenvalue weighted by Gasteiger charge is 2.23. The molecule has 2 aromatic carbocycles. The maximum Gasteiger partial charge on any atom is 0.263 e. The van der Waals surface area contributed by atoms with Crippen LogP contribution in [0.3, 0.4) is 0 Å². The number of nitrogens with one attached hydrogen (secondary N) is 1. The Morgan fingerprint density at radius 3 is 2.33 bits per heavy atom. The average Bonchev–Trinajstić information content (AvgIpc) is 2.43. The van der Waals surface area contributed by atoms with Crippen molar-refractivity contribution in [1.82, 2.24) is 0 Å². The molecule has 0 fully saturated rings. The molecule has 8 heteroatoms. The number of halogens is 2. The summed E-state index contributed by atoms with van der Waals surface area (Å²) < 4.78 is 53.4. The van der Waals surface area contributed by atoms with E-state index in [1.165, 1.54) is 18.2 Å². The summed E-state index contributed by atoms with van der Waals surface area (Å²) in [6, 6.07) is 8.23. The molecule has 0 atom stereocenters. The molecule has 0 amide bonds. The van der Waals surface area contributed by atoms with E-state index in [0.29, 0.717) is 0 Å². The maximum atomic E-state index is 13.6. The lowest BCUT2D eigenvalue weighted by atomic mass is 10.2. The Morgan fingerprint density at radius 1 is 1.10 bits per heavy atom. The molecule has 0 saturated heterocycles. The number of sulfonamides is 1. The second-order valence-corrected chi connectivity index (χ2v) is 5.69. The van der Waals surface area contributed by atoms with Crippen molar-refractivity contribution >= 4 is 21.4 Å². The highest BCUT2D eigenvalue weighted by Crippen LogP contribution is 2.26. The number of hydrogen-bond donors (Lipinski definition) is 2. The molecule has 2 aromatic rings. The summed E-state index contributed by atoms with van der Waals surface area (Å²) in [5.74, 6) is -1.87. The van der Waals surface area contributed by atoms with Crippen LogP contribution in [0.25, 0.3) is 0 Å². The van der Waals surface area contributed by atoms with Crippen LogP contribution in [0.15, 0.2) is 41.3 Å². The van der Waals surface area contributed by atoms with Crippen LogP contribution in [0.1, 0.15) is 5.56 Å². The highest BCUT2D eigenvalue weighted by atomic mass is 32.2. The number of nitrogens with two attached hydrogens (primary N) is 1. The van der Waals surface area contributed by atoms with Crippen molar-refractivity contribution < 1.29 is 17.2 Å². The van der Waals surface area contributed by atoms with Crippen molar-refractivity contribution in [1.29, 1.82) is 5.26 Å². The van der Waals surface area contributed by atoms with Crippen LogP contribution in [0.4, 0.5) is 20.2 Å². The monoisotopic (exact) mass is 309 g/mol. The lowest BCUT2D eigenvalue weighted by molar-refractivity contribution is 0.592.